The molecular weight excluding hydrogens is 272 g/mol. The molecule has 3 atom stereocenters. The van der Waals surface area contributed by atoms with Crippen molar-refractivity contribution in [2.45, 2.75) is 65.2 Å². The minimum Gasteiger partial charge on any atom is -0.444 e. The molecule has 2 N–H and O–H groups in total. The van der Waals surface area contributed by atoms with Crippen LogP contribution in [0.5, 0.6) is 0 Å². The molecule has 0 saturated carbocycles. The molecule has 1 heterocycles. The van der Waals surface area contributed by atoms with Crippen molar-refractivity contribution in [3.8, 4) is 0 Å². The number of alkyl carbamates (subject to hydrolysis) is 1. The summed E-state index contributed by atoms with van der Waals surface area (Å²) in [6, 6.07) is -0.616. The Hall–Kier alpha value is -1.30. The molecule has 0 aromatic rings. The van der Waals surface area contributed by atoms with Gasteiger partial charge in [-0.25, -0.2) is 4.79 Å². The van der Waals surface area contributed by atoms with Gasteiger partial charge in [-0.2, -0.15) is 0 Å². The lowest BCUT2D eigenvalue weighted by atomic mass is 9.98. The predicted molar refractivity (Wildman–Crippen MR) is 79.8 cm³/mol. The van der Waals surface area contributed by atoms with E-state index in [1.807, 2.05) is 13.8 Å². The lowest BCUT2D eigenvalue weighted by molar-refractivity contribution is -0.134. The van der Waals surface area contributed by atoms with E-state index in [9.17, 15) is 14.7 Å². The number of nitrogens with zero attached hydrogens (tertiary/aromatic N) is 1. The summed E-state index contributed by atoms with van der Waals surface area (Å²) < 4.78 is 5.23. The van der Waals surface area contributed by atoms with Crippen molar-refractivity contribution in [3.63, 3.8) is 0 Å². The van der Waals surface area contributed by atoms with Gasteiger partial charge in [0.1, 0.15) is 11.6 Å². The van der Waals surface area contributed by atoms with Gasteiger partial charge in [-0.05, 0) is 33.1 Å². The second-order valence-electron chi connectivity index (χ2n) is 6.74. The first kappa shape index (κ1) is 17.8. The number of β-amino-alcohol motifs (C(OH)–C–C–N with tert-alkyl or cyclic N) is 1. The molecule has 1 rings (SSSR count). The van der Waals surface area contributed by atoms with Crippen LogP contribution < -0.4 is 5.32 Å². The van der Waals surface area contributed by atoms with Crippen LogP contribution in [0.25, 0.3) is 0 Å². The molecule has 6 heteroatoms. The number of rotatable bonds is 4. The van der Waals surface area contributed by atoms with Gasteiger partial charge in [0.05, 0.1) is 6.10 Å². The van der Waals surface area contributed by atoms with Gasteiger partial charge >= 0.3 is 6.09 Å². The summed E-state index contributed by atoms with van der Waals surface area (Å²) >= 11 is 0. The Morgan fingerprint density at radius 2 is 2.05 bits per heavy atom. The van der Waals surface area contributed by atoms with E-state index in [0.29, 0.717) is 19.5 Å². The number of ether oxygens (including phenoxy) is 1. The van der Waals surface area contributed by atoms with Crippen LogP contribution in [0.2, 0.25) is 0 Å². The molecule has 0 radical (unpaired) electrons. The largest absolute Gasteiger partial charge is 0.444 e. The van der Waals surface area contributed by atoms with Crippen LogP contribution in [0.3, 0.4) is 0 Å². The molecular formula is C15H28N2O4. The van der Waals surface area contributed by atoms with Gasteiger partial charge in [-0.1, -0.05) is 20.3 Å². The summed E-state index contributed by atoms with van der Waals surface area (Å²) in [4.78, 5) is 26.1. The molecule has 0 aromatic heterocycles. The second kappa shape index (κ2) is 7.11. The van der Waals surface area contributed by atoms with E-state index in [-0.39, 0.29) is 11.8 Å². The van der Waals surface area contributed by atoms with Crippen molar-refractivity contribution in [2.24, 2.45) is 5.92 Å². The van der Waals surface area contributed by atoms with Gasteiger partial charge in [0.2, 0.25) is 5.91 Å². The number of aliphatic hydroxyl groups is 1. The average molecular weight is 300 g/mol. The summed E-state index contributed by atoms with van der Waals surface area (Å²) in [5.41, 5.74) is -0.600. The van der Waals surface area contributed by atoms with E-state index >= 15 is 0 Å². The molecule has 2 amide bonds. The fourth-order valence-electron chi connectivity index (χ4n) is 2.26. The predicted octanol–water partition coefficient (Wildman–Crippen LogP) is 1.52. The molecule has 0 spiro atoms. The Labute approximate surface area is 126 Å². The van der Waals surface area contributed by atoms with Crippen LogP contribution in [0.4, 0.5) is 4.79 Å². The molecule has 0 unspecified atom stereocenters. The highest BCUT2D eigenvalue weighted by atomic mass is 16.6. The quantitative estimate of drug-likeness (QED) is 0.825. The van der Waals surface area contributed by atoms with Crippen LogP contribution in [0.1, 0.15) is 47.5 Å². The SMILES string of the molecule is CC[C@H](C)[C@H](NC(=O)OC(C)(C)C)C(=O)N1CC[C@@H](O)C1. The molecule has 122 valence electrons. The number of nitrogens with one attached hydrogen (secondary N) is 1. The number of likely N-dealkylation sites (tertiary alicyclic amines) is 1. The number of amides is 2. The third-order valence-electron chi connectivity index (χ3n) is 3.63. The number of carbonyl (C=O) groups is 2. The van der Waals surface area contributed by atoms with E-state index < -0.39 is 23.8 Å². The van der Waals surface area contributed by atoms with Gasteiger partial charge in [0, 0.05) is 13.1 Å². The Bertz CT molecular complexity index is 378. The minimum atomic E-state index is -0.616. The Morgan fingerprint density at radius 1 is 1.43 bits per heavy atom. The average Bonchev–Trinajstić information content (AvgIpc) is 2.79. The Balaban J connectivity index is 2.72. The van der Waals surface area contributed by atoms with Gasteiger partial charge in [0.15, 0.2) is 0 Å². The van der Waals surface area contributed by atoms with Gasteiger partial charge < -0.3 is 20.1 Å². The fraction of sp³-hybridized carbons (Fsp3) is 0.867. The van der Waals surface area contributed by atoms with Crippen LogP contribution >= 0.6 is 0 Å². The third-order valence-corrected chi connectivity index (χ3v) is 3.63. The molecule has 6 nitrogen and oxygen atoms in total. The zero-order valence-electron chi connectivity index (χ0n) is 13.7. The summed E-state index contributed by atoms with van der Waals surface area (Å²) in [6.45, 7) is 10.1. The molecule has 1 saturated heterocycles. The van der Waals surface area contributed by atoms with Crippen LogP contribution in [0.15, 0.2) is 0 Å². The van der Waals surface area contributed by atoms with Gasteiger partial charge in [0.25, 0.3) is 0 Å². The molecule has 1 fully saturated rings. The summed E-state index contributed by atoms with van der Waals surface area (Å²) in [7, 11) is 0. The number of hydrogen-bond acceptors (Lipinski definition) is 4. The van der Waals surface area contributed by atoms with Crippen molar-refractivity contribution >= 4 is 12.0 Å². The first-order valence-corrected chi connectivity index (χ1v) is 7.60. The van der Waals surface area contributed by atoms with Crippen molar-refractivity contribution < 1.29 is 19.4 Å². The highest BCUT2D eigenvalue weighted by molar-refractivity contribution is 5.86. The topological polar surface area (TPSA) is 78.9 Å². The van der Waals surface area contributed by atoms with Crippen LogP contribution in [-0.2, 0) is 9.53 Å². The highest BCUT2D eigenvalue weighted by Crippen LogP contribution is 2.16. The van der Waals surface area contributed by atoms with Crippen molar-refractivity contribution in [3.05, 3.63) is 0 Å². The lowest BCUT2D eigenvalue weighted by Crippen LogP contribution is -2.52. The Kier molecular flexibility index (Phi) is 6.01. The Morgan fingerprint density at radius 3 is 2.48 bits per heavy atom. The number of aliphatic hydroxyl groups excluding tert-OH is 1. The van der Waals surface area contributed by atoms with Crippen molar-refractivity contribution in [2.75, 3.05) is 13.1 Å². The first-order chi connectivity index (χ1) is 9.64. The molecule has 1 aliphatic heterocycles. The van der Waals surface area contributed by atoms with E-state index in [0.717, 1.165) is 6.42 Å². The van der Waals surface area contributed by atoms with Crippen molar-refractivity contribution in [1.29, 1.82) is 0 Å². The van der Waals surface area contributed by atoms with E-state index in [1.54, 1.807) is 25.7 Å². The maximum absolute atomic E-state index is 12.5. The normalized spacial score (nSPS) is 21.8. The number of carbonyl (C=O) groups excluding carboxylic acids is 2. The zero-order chi connectivity index (χ0) is 16.2. The standard InChI is InChI=1S/C15H28N2O4/c1-6-10(2)12(16-14(20)21-15(3,4)5)13(19)17-8-7-11(18)9-17/h10-12,18H,6-9H2,1-5H3,(H,16,20)/t10-,11+,12-/m0/s1. The van der Waals surface area contributed by atoms with E-state index in [4.69, 9.17) is 4.74 Å². The van der Waals surface area contributed by atoms with Crippen molar-refractivity contribution in [1.82, 2.24) is 10.2 Å². The fourth-order valence-corrected chi connectivity index (χ4v) is 2.26. The zero-order valence-corrected chi connectivity index (χ0v) is 13.7. The molecule has 0 bridgehead atoms. The molecule has 21 heavy (non-hydrogen) atoms. The summed E-state index contributed by atoms with van der Waals surface area (Å²) in [6.07, 6.45) is 0.308. The maximum atomic E-state index is 12.5. The van der Waals surface area contributed by atoms with Gasteiger partial charge in [-0.15, -0.1) is 0 Å². The van der Waals surface area contributed by atoms with E-state index in [2.05, 4.69) is 5.32 Å². The molecule has 1 aliphatic rings. The first-order valence-electron chi connectivity index (χ1n) is 7.60. The van der Waals surface area contributed by atoms with Gasteiger partial charge in [-0.3, -0.25) is 4.79 Å². The smallest absolute Gasteiger partial charge is 0.408 e. The lowest BCUT2D eigenvalue weighted by Gasteiger charge is -2.29. The van der Waals surface area contributed by atoms with E-state index in [1.165, 1.54) is 0 Å². The van der Waals surface area contributed by atoms with Crippen LogP contribution in [0, 0.1) is 5.92 Å². The van der Waals surface area contributed by atoms with Crippen LogP contribution in [-0.4, -0.2) is 52.8 Å². The minimum absolute atomic E-state index is 0.00256. The third kappa shape index (κ3) is 5.53. The number of hydrogen-bond donors (Lipinski definition) is 2. The summed E-state index contributed by atoms with van der Waals surface area (Å²) in [5, 5.41) is 12.2. The molecule has 0 aliphatic carbocycles. The highest BCUT2D eigenvalue weighted by Gasteiger charge is 2.34. The monoisotopic (exact) mass is 300 g/mol. The second-order valence-corrected chi connectivity index (χ2v) is 6.74. The molecule has 0 aromatic carbocycles. The summed E-state index contributed by atoms with van der Waals surface area (Å²) in [5.74, 6) is -0.144. The maximum Gasteiger partial charge on any atom is 0.408 e.